The van der Waals surface area contributed by atoms with E-state index in [2.05, 4.69) is 20.6 Å². The first-order chi connectivity index (χ1) is 20.7. The highest BCUT2D eigenvalue weighted by molar-refractivity contribution is 7.74. The molecular weight excluding hydrogens is 586 g/mol. The van der Waals surface area contributed by atoms with E-state index in [0.717, 1.165) is 17.1 Å². The van der Waals surface area contributed by atoms with E-state index in [0.29, 0.717) is 16.6 Å². The SMILES string of the molecule is COc1cc(OS(=O)[O-])cc(OC)c1COc1nc2ccccc2nc1C(=O)NCCNC(=O)CCN1C(=O)C=CC1=O. The molecule has 1 aliphatic heterocycles. The molecule has 1 unspecified atom stereocenters. The number of carbonyl (C=O) groups is 4. The highest BCUT2D eigenvalue weighted by Gasteiger charge is 2.24. The van der Waals surface area contributed by atoms with Crippen LogP contribution < -0.4 is 29.0 Å². The van der Waals surface area contributed by atoms with Gasteiger partial charge in [0.2, 0.25) is 11.8 Å². The second kappa shape index (κ2) is 14.2. The van der Waals surface area contributed by atoms with E-state index < -0.39 is 35.0 Å². The molecule has 43 heavy (non-hydrogen) atoms. The molecule has 1 aliphatic rings. The lowest BCUT2D eigenvalue weighted by molar-refractivity contribution is -0.137. The van der Waals surface area contributed by atoms with Crippen LogP contribution in [-0.4, -0.2) is 81.1 Å². The van der Waals surface area contributed by atoms with Crippen molar-refractivity contribution < 1.29 is 46.3 Å². The highest BCUT2D eigenvalue weighted by Crippen LogP contribution is 2.35. The predicted octanol–water partition coefficient (Wildman–Crippen LogP) is 0.560. The van der Waals surface area contributed by atoms with Crippen molar-refractivity contribution in [2.75, 3.05) is 33.9 Å². The molecule has 2 heterocycles. The van der Waals surface area contributed by atoms with Crippen molar-refractivity contribution in [3.8, 4) is 23.1 Å². The zero-order valence-electron chi connectivity index (χ0n) is 23.0. The standard InChI is InChI=1S/C27H27N5O10S/c1-39-20-13-16(42-43(37)38)14-21(40-2)17(20)15-41-27-25(30-18-5-3-4-6-19(18)31-27)26(36)29-11-10-28-22(33)9-12-32-23(34)7-8-24(32)35/h3-8,13-14H,9-12,15H2,1-2H3,(H,28,33)(H,29,36)(H,37,38)/p-1. The van der Waals surface area contributed by atoms with Crippen molar-refractivity contribution in [2.45, 2.75) is 13.0 Å². The number of amides is 4. The van der Waals surface area contributed by atoms with Gasteiger partial charge in [0.1, 0.15) is 35.2 Å². The van der Waals surface area contributed by atoms with Gasteiger partial charge in [-0.3, -0.25) is 24.1 Å². The van der Waals surface area contributed by atoms with Crippen LogP contribution in [-0.2, 0) is 32.4 Å². The van der Waals surface area contributed by atoms with Crippen LogP contribution in [0.4, 0.5) is 0 Å². The van der Waals surface area contributed by atoms with Gasteiger partial charge in [-0.15, -0.1) is 0 Å². The minimum absolute atomic E-state index is 0.0336. The van der Waals surface area contributed by atoms with Crippen LogP contribution in [0.2, 0.25) is 0 Å². The molecule has 0 radical (unpaired) electrons. The molecule has 16 heteroatoms. The lowest BCUT2D eigenvalue weighted by Gasteiger charge is -2.17. The van der Waals surface area contributed by atoms with Crippen molar-refractivity contribution in [3.05, 3.63) is 59.8 Å². The van der Waals surface area contributed by atoms with Gasteiger partial charge in [-0.05, 0) is 12.1 Å². The molecule has 1 atom stereocenters. The minimum atomic E-state index is -2.82. The third kappa shape index (κ3) is 7.81. The summed E-state index contributed by atoms with van der Waals surface area (Å²) in [6, 6.07) is 9.54. The molecule has 226 valence electrons. The molecule has 2 N–H and O–H groups in total. The Balaban J connectivity index is 1.43. The van der Waals surface area contributed by atoms with Gasteiger partial charge in [-0.25, -0.2) is 14.2 Å². The van der Waals surface area contributed by atoms with Crippen molar-refractivity contribution in [1.82, 2.24) is 25.5 Å². The Morgan fingerprint density at radius 3 is 2.16 bits per heavy atom. The number of nitrogens with one attached hydrogen (secondary N) is 2. The average molecular weight is 613 g/mol. The first-order valence-electron chi connectivity index (χ1n) is 12.7. The second-order valence-electron chi connectivity index (χ2n) is 8.77. The number of fused-ring (bicyclic) bond motifs is 1. The minimum Gasteiger partial charge on any atom is -0.740 e. The Morgan fingerprint density at radius 2 is 1.56 bits per heavy atom. The van der Waals surface area contributed by atoms with Crippen molar-refractivity contribution in [1.29, 1.82) is 0 Å². The zero-order valence-corrected chi connectivity index (χ0v) is 23.8. The molecule has 0 bridgehead atoms. The molecule has 0 saturated carbocycles. The van der Waals surface area contributed by atoms with Crippen LogP contribution in [0.1, 0.15) is 22.5 Å². The number of benzene rings is 2. The Bertz CT molecular complexity index is 1570. The summed E-state index contributed by atoms with van der Waals surface area (Å²) in [4.78, 5) is 58.2. The Morgan fingerprint density at radius 1 is 0.953 bits per heavy atom. The number of methoxy groups -OCH3 is 2. The molecule has 15 nitrogen and oxygen atoms in total. The third-order valence-electron chi connectivity index (χ3n) is 6.05. The van der Waals surface area contributed by atoms with E-state index in [9.17, 15) is 27.9 Å². The quantitative estimate of drug-likeness (QED) is 0.146. The summed E-state index contributed by atoms with van der Waals surface area (Å²) in [6.07, 6.45) is 2.20. The Kier molecular flexibility index (Phi) is 10.2. The molecule has 0 spiro atoms. The molecule has 4 amide bonds. The molecule has 1 aromatic heterocycles. The number of carbonyl (C=O) groups excluding carboxylic acids is 4. The first-order valence-corrected chi connectivity index (χ1v) is 13.7. The monoisotopic (exact) mass is 612 g/mol. The number of hydrogen-bond acceptors (Lipinski definition) is 12. The number of aromatic nitrogens is 2. The maximum atomic E-state index is 13.1. The molecule has 4 rings (SSSR count). The van der Waals surface area contributed by atoms with Crippen LogP contribution in [0.25, 0.3) is 11.0 Å². The lowest BCUT2D eigenvalue weighted by atomic mass is 10.1. The number of ether oxygens (including phenoxy) is 3. The van der Waals surface area contributed by atoms with Crippen molar-refractivity contribution in [2.24, 2.45) is 0 Å². The summed E-state index contributed by atoms with van der Waals surface area (Å²) in [7, 11) is 2.73. The number of nitrogens with zero attached hydrogens (tertiary/aromatic N) is 3. The molecule has 0 aliphatic carbocycles. The normalized spacial score (nSPS) is 13.1. The van der Waals surface area contributed by atoms with Crippen molar-refractivity contribution in [3.63, 3.8) is 0 Å². The van der Waals surface area contributed by atoms with Crippen LogP contribution in [0.15, 0.2) is 48.6 Å². The predicted molar refractivity (Wildman–Crippen MR) is 149 cm³/mol. The fourth-order valence-electron chi connectivity index (χ4n) is 4.02. The van der Waals surface area contributed by atoms with E-state index in [-0.39, 0.29) is 61.5 Å². The fraction of sp³-hybridized carbons (Fsp3) is 0.259. The van der Waals surface area contributed by atoms with Crippen LogP contribution in [0.5, 0.6) is 23.1 Å². The topological polar surface area (TPSA) is 198 Å². The summed E-state index contributed by atoms with van der Waals surface area (Å²) >= 11 is -2.82. The maximum absolute atomic E-state index is 13.1. The summed E-state index contributed by atoms with van der Waals surface area (Å²) in [5, 5.41) is 5.26. The summed E-state index contributed by atoms with van der Waals surface area (Å²) in [6.45, 7) is -0.154. The van der Waals surface area contributed by atoms with E-state index in [1.807, 2.05) is 0 Å². The highest BCUT2D eigenvalue weighted by atomic mass is 32.2. The molecule has 0 fully saturated rings. The average Bonchev–Trinajstić information content (AvgIpc) is 3.32. The lowest BCUT2D eigenvalue weighted by Crippen LogP contribution is -2.38. The largest absolute Gasteiger partial charge is 0.740 e. The van der Waals surface area contributed by atoms with Gasteiger partial charge in [0, 0.05) is 50.3 Å². The van der Waals surface area contributed by atoms with Gasteiger partial charge >= 0.3 is 0 Å². The van der Waals surface area contributed by atoms with Crippen LogP contribution in [0.3, 0.4) is 0 Å². The Hall–Kier alpha value is -5.09. The molecular formula is C27H26N5O10S-. The van der Waals surface area contributed by atoms with Crippen LogP contribution >= 0.6 is 0 Å². The summed E-state index contributed by atoms with van der Waals surface area (Å²) in [5.74, 6) is -1.72. The third-order valence-corrected chi connectivity index (χ3v) is 6.38. The van der Waals surface area contributed by atoms with E-state index >= 15 is 0 Å². The number of hydrogen-bond donors (Lipinski definition) is 2. The maximum Gasteiger partial charge on any atom is 0.275 e. The Labute approximate surface area is 247 Å². The van der Waals surface area contributed by atoms with Gasteiger partial charge in [0.05, 0.1) is 30.8 Å². The van der Waals surface area contributed by atoms with Gasteiger partial charge < -0.3 is 33.6 Å². The number of para-hydroxylation sites is 2. The number of rotatable bonds is 14. The van der Waals surface area contributed by atoms with Gasteiger partial charge in [-0.2, -0.15) is 0 Å². The van der Waals surface area contributed by atoms with E-state index in [1.165, 1.54) is 26.4 Å². The second-order valence-corrected chi connectivity index (χ2v) is 9.34. The fourth-order valence-corrected chi connectivity index (χ4v) is 4.27. The van der Waals surface area contributed by atoms with E-state index in [1.54, 1.807) is 24.3 Å². The summed E-state index contributed by atoms with van der Waals surface area (Å²) in [5.41, 5.74) is 1.16. The molecule has 0 saturated heterocycles. The van der Waals surface area contributed by atoms with Gasteiger partial charge in [-0.1, -0.05) is 12.1 Å². The first kappa shape index (κ1) is 30.9. The van der Waals surface area contributed by atoms with E-state index in [4.69, 9.17) is 18.4 Å². The molecule has 3 aromatic rings. The number of imide groups is 1. The van der Waals surface area contributed by atoms with Crippen LogP contribution in [0, 0.1) is 0 Å². The van der Waals surface area contributed by atoms with Gasteiger partial charge in [0.25, 0.3) is 17.7 Å². The van der Waals surface area contributed by atoms with Gasteiger partial charge in [0.15, 0.2) is 5.69 Å². The smallest absolute Gasteiger partial charge is 0.275 e. The summed E-state index contributed by atoms with van der Waals surface area (Å²) < 4.78 is 43.3. The molecule has 2 aromatic carbocycles. The zero-order chi connectivity index (χ0) is 30.9. The van der Waals surface area contributed by atoms with Crippen molar-refractivity contribution >= 4 is 46.0 Å².